The van der Waals surface area contributed by atoms with Gasteiger partial charge in [0, 0.05) is 12.1 Å². The van der Waals surface area contributed by atoms with Crippen LogP contribution in [0.15, 0.2) is 24.8 Å². The molecular formula is C15H8F6N2O6. The van der Waals surface area contributed by atoms with Crippen molar-refractivity contribution in [3.05, 3.63) is 79.9 Å². The fourth-order valence-corrected chi connectivity index (χ4v) is 1.74. The molecule has 156 valence electrons. The number of nitro groups is 2. The van der Waals surface area contributed by atoms with Crippen LogP contribution in [-0.2, 0) is 0 Å². The SMILES string of the molecule is C=CCOc1cc(F)c(F)c(F)c1[N+](=O)[O-].O=[N+]([O-])c1c(O)cc(F)c(F)c1F. The topological polar surface area (TPSA) is 116 Å². The average molecular weight is 426 g/mol. The summed E-state index contributed by atoms with van der Waals surface area (Å²) < 4.78 is 80.4. The molecule has 29 heavy (non-hydrogen) atoms. The van der Waals surface area contributed by atoms with Crippen LogP contribution in [0, 0.1) is 55.1 Å². The number of phenols is 1. The Morgan fingerprint density at radius 2 is 1.34 bits per heavy atom. The molecule has 2 aromatic carbocycles. The normalized spacial score (nSPS) is 10.0. The van der Waals surface area contributed by atoms with E-state index in [1.165, 1.54) is 6.08 Å². The van der Waals surface area contributed by atoms with Gasteiger partial charge in [-0.05, 0) is 0 Å². The first-order chi connectivity index (χ1) is 13.4. The summed E-state index contributed by atoms with van der Waals surface area (Å²) in [5, 5.41) is 29.1. The monoisotopic (exact) mass is 426 g/mol. The summed E-state index contributed by atoms with van der Waals surface area (Å²) in [5.74, 6) is -12.9. The third-order valence-electron chi connectivity index (χ3n) is 2.94. The summed E-state index contributed by atoms with van der Waals surface area (Å²) in [7, 11) is 0. The molecule has 0 radical (unpaired) electrons. The van der Waals surface area contributed by atoms with Gasteiger partial charge in [0.1, 0.15) is 6.61 Å². The fourth-order valence-electron chi connectivity index (χ4n) is 1.74. The maximum atomic E-state index is 13.0. The van der Waals surface area contributed by atoms with Crippen molar-refractivity contribution in [1.82, 2.24) is 0 Å². The Labute approximate surface area is 156 Å². The van der Waals surface area contributed by atoms with Gasteiger partial charge in [-0.1, -0.05) is 12.7 Å². The van der Waals surface area contributed by atoms with Crippen molar-refractivity contribution in [3.8, 4) is 11.5 Å². The molecule has 2 rings (SSSR count). The van der Waals surface area contributed by atoms with Crippen LogP contribution in [0.3, 0.4) is 0 Å². The van der Waals surface area contributed by atoms with Gasteiger partial charge in [0.25, 0.3) is 0 Å². The average Bonchev–Trinajstić information content (AvgIpc) is 2.62. The second kappa shape index (κ2) is 9.38. The van der Waals surface area contributed by atoms with Crippen LogP contribution in [0.5, 0.6) is 11.5 Å². The highest BCUT2D eigenvalue weighted by Gasteiger charge is 2.29. The van der Waals surface area contributed by atoms with Crippen molar-refractivity contribution < 1.29 is 46.0 Å². The predicted octanol–water partition coefficient (Wildman–Crippen LogP) is 4.29. The predicted molar refractivity (Wildman–Crippen MR) is 83.3 cm³/mol. The second-order valence-corrected chi connectivity index (χ2v) is 4.80. The van der Waals surface area contributed by atoms with Gasteiger partial charge >= 0.3 is 11.4 Å². The number of phenolic OH excluding ortho intramolecular Hbond substituents is 1. The van der Waals surface area contributed by atoms with Gasteiger partial charge in [-0.15, -0.1) is 0 Å². The van der Waals surface area contributed by atoms with Crippen molar-refractivity contribution in [2.24, 2.45) is 0 Å². The molecule has 0 unspecified atom stereocenters. The molecule has 0 spiro atoms. The van der Waals surface area contributed by atoms with E-state index in [-0.39, 0.29) is 12.7 Å². The van der Waals surface area contributed by atoms with Crippen LogP contribution in [0.4, 0.5) is 37.7 Å². The molecule has 14 heteroatoms. The molecule has 0 heterocycles. The van der Waals surface area contributed by atoms with Crippen molar-refractivity contribution in [2.75, 3.05) is 6.61 Å². The highest BCUT2D eigenvalue weighted by Crippen LogP contribution is 2.33. The fraction of sp³-hybridized carbons (Fsp3) is 0.0667. The van der Waals surface area contributed by atoms with Crippen LogP contribution in [0.25, 0.3) is 0 Å². The number of halogens is 6. The Hall–Kier alpha value is -3.84. The van der Waals surface area contributed by atoms with Gasteiger partial charge in [-0.2, -0.15) is 8.78 Å². The summed E-state index contributed by atoms with van der Waals surface area (Å²) >= 11 is 0. The summed E-state index contributed by atoms with van der Waals surface area (Å²) in [6.07, 6.45) is 1.23. The maximum absolute atomic E-state index is 13.0. The Bertz CT molecular complexity index is 985. The Balaban J connectivity index is 0.000000296. The lowest BCUT2D eigenvalue weighted by atomic mass is 10.2. The van der Waals surface area contributed by atoms with Gasteiger partial charge in [0.2, 0.25) is 34.8 Å². The Morgan fingerprint density at radius 1 is 0.897 bits per heavy atom. The number of aromatic hydroxyl groups is 1. The zero-order valence-electron chi connectivity index (χ0n) is 13.8. The first-order valence-electron chi connectivity index (χ1n) is 7.00. The van der Waals surface area contributed by atoms with E-state index in [2.05, 4.69) is 11.3 Å². The van der Waals surface area contributed by atoms with Crippen LogP contribution in [0.1, 0.15) is 0 Å². The van der Waals surface area contributed by atoms with E-state index < -0.39 is 67.6 Å². The first-order valence-corrected chi connectivity index (χ1v) is 7.00. The van der Waals surface area contributed by atoms with Crippen molar-refractivity contribution in [1.29, 1.82) is 0 Å². The van der Waals surface area contributed by atoms with E-state index >= 15 is 0 Å². The van der Waals surface area contributed by atoms with Crippen LogP contribution in [0.2, 0.25) is 0 Å². The molecule has 0 aliphatic carbocycles. The smallest absolute Gasteiger partial charge is 0.349 e. The van der Waals surface area contributed by atoms with E-state index in [1.54, 1.807) is 0 Å². The number of nitro benzene ring substituents is 2. The largest absolute Gasteiger partial charge is 0.502 e. The zero-order valence-corrected chi connectivity index (χ0v) is 13.8. The second-order valence-electron chi connectivity index (χ2n) is 4.80. The Kier molecular flexibility index (Phi) is 7.51. The molecule has 2 aromatic rings. The summed E-state index contributed by atoms with van der Waals surface area (Å²) in [5.41, 5.74) is -2.71. The zero-order chi connectivity index (χ0) is 22.5. The molecule has 0 amide bonds. The molecule has 0 saturated heterocycles. The van der Waals surface area contributed by atoms with E-state index in [1.807, 2.05) is 0 Å². The lowest BCUT2D eigenvalue weighted by Gasteiger charge is -2.05. The van der Waals surface area contributed by atoms with Crippen LogP contribution < -0.4 is 4.74 Å². The number of hydrogen-bond acceptors (Lipinski definition) is 6. The third-order valence-corrected chi connectivity index (χ3v) is 2.94. The third kappa shape index (κ3) is 5.12. The number of rotatable bonds is 5. The van der Waals surface area contributed by atoms with Gasteiger partial charge in [-0.25, -0.2) is 17.6 Å². The van der Waals surface area contributed by atoms with Crippen molar-refractivity contribution in [2.45, 2.75) is 0 Å². The van der Waals surface area contributed by atoms with E-state index in [0.29, 0.717) is 6.07 Å². The number of benzene rings is 2. The van der Waals surface area contributed by atoms with Crippen LogP contribution >= 0.6 is 0 Å². The molecule has 0 bridgehead atoms. The molecule has 0 aromatic heterocycles. The number of nitrogens with zero attached hydrogens (tertiary/aromatic N) is 2. The lowest BCUT2D eigenvalue weighted by molar-refractivity contribution is -0.389. The molecule has 0 saturated carbocycles. The molecule has 0 fully saturated rings. The van der Waals surface area contributed by atoms with Gasteiger partial charge < -0.3 is 9.84 Å². The minimum atomic E-state index is -2.01. The quantitative estimate of drug-likeness (QED) is 0.251. The first kappa shape index (κ1) is 23.2. The molecule has 1 N–H and O–H groups in total. The molecule has 0 atom stereocenters. The maximum Gasteiger partial charge on any atom is 0.349 e. The highest BCUT2D eigenvalue weighted by molar-refractivity contribution is 5.48. The molecular weight excluding hydrogens is 418 g/mol. The van der Waals surface area contributed by atoms with E-state index in [4.69, 9.17) is 5.11 Å². The number of hydrogen-bond donors (Lipinski definition) is 1. The minimum Gasteiger partial charge on any atom is -0.502 e. The van der Waals surface area contributed by atoms with E-state index in [9.17, 15) is 46.6 Å². The summed E-state index contributed by atoms with van der Waals surface area (Å²) in [6.45, 7) is 3.07. The van der Waals surface area contributed by atoms with Gasteiger partial charge in [0.05, 0.1) is 9.85 Å². The van der Waals surface area contributed by atoms with Crippen LogP contribution in [-0.4, -0.2) is 21.6 Å². The Morgan fingerprint density at radius 3 is 1.79 bits per heavy atom. The standard InChI is InChI=1S/C9H6F3NO3.C6H2F3NO3/c1-2-3-16-6-4-5(10)7(11)8(12)9(6)13(14)15;7-2-1-3(11)6(10(12)13)5(9)4(2)8/h2,4H,1,3H2;1,11H. The van der Waals surface area contributed by atoms with Gasteiger partial charge in [0.15, 0.2) is 11.6 Å². The van der Waals surface area contributed by atoms with Crippen molar-refractivity contribution >= 4 is 11.4 Å². The van der Waals surface area contributed by atoms with Gasteiger partial charge in [-0.3, -0.25) is 20.2 Å². The molecule has 0 aliphatic heterocycles. The molecule has 0 aliphatic rings. The lowest BCUT2D eigenvalue weighted by Crippen LogP contribution is -2.04. The van der Waals surface area contributed by atoms with E-state index in [0.717, 1.165) is 0 Å². The summed E-state index contributed by atoms with van der Waals surface area (Å²) in [6, 6.07) is 0.552. The highest BCUT2D eigenvalue weighted by atomic mass is 19.2. The van der Waals surface area contributed by atoms with Crippen molar-refractivity contribution in [3.63, 3.8) is 0 Å². The summed E-state index contributed by atoms with van der Waals surface area (Å²) in [4.78, 5) is 17.9. The molecule has 8 nitrogen and oxygen atoms in total. The number of ether oxygens (including phenoxy) is 1. The minimum absolute atomic E-state index is 0.135.